The Bertz CT molecular complexity index is 638. The fraction of sp³-hybridized carbons (Fsp3) is 0.900. The number of halogens is 3. The molecule has 4 fully saturated rings. The molecule has 1 N–H and O–H groups in total. The van der Waals surface area contributed by atoms with Crippen LogP contribution in [-0.2, 0) is 14.3 Å². The van der Waals surface area contributed by atoms with Crippen LogP contribution in [-0.4, -0.2) is 83.6 Å². The molecule has 0 radical (unpaired) electrons. The van der Waals surface area contributed by atoms with Crippen LogP contribution < -0.4 is 5.32 Å². The molecule has 0 aromatic rings. The number of nitrogens with zero attached hydrogens (tertiary/aromatic N) is 2. The van der Waals surface area contributed by atoms with Crippen molar-refractivity contribution in [2.45, 2.75) is 61.7 Å². The molecule has 1 saturated carbocycles. The molecular weight excluding hydrogens is 420 g/mol. The molecule has 29 heavy (non-hydrogen) atoms. The number of nitrogens with one attached hydrogen (secondary N) is 1. The number of carbonyl (C=O) groups is 2. The number of ether oxygens (including phenoxy) is 1. The maximum atomic E-state index is 13.8. The van der Waals surface area contributed by atoms with Gasteiger partial charge in [0.15, 0.2) is 0 Å². The van der Waals surface area contributed by atoms with Crippen molar-refractivity contribution >= 4 is 35.0 Å². The second-order valence-corrected chi connectivity index (χ2v) is 10.3. The Hall–Kier alpha value is -0.630. The molecule has 3 aliphatic heterocycles. The summed E-state index contributed by atoms with van der Waals surface area (Å²) in [7, 11) is 0. The summed E-state index contributed by atoms with van der Waals surface area (Å²) in [6.07, 6.45) is 1.29. The van der Waals surface area contributed by atoms with E-state index >= 15 is 0 Å². The van der Waals surface area contributed by atoms with Gasteiger partial charge in [-0.2, -0.15) is 0 Å². The van der Waals surface area contributed by atoms with Crippen molar-refractivity contribution < 1.29 is 18.7 Å². The lowest BCUT2D eigenvalue weighted by molar-refractivity contribution is -0.173. The highest BCUT2D eigenvalue weighted by molar-refractivity contribution is 6.21. The summed E-state index contributed by atoms with van der Waals surface area (Å²) >= 11 is 12.4. The maximum absolute atomic E-state index is 13.8. The van der Waals surface area contributed by atoms with Crippen LogP contribution in [0, 0.1) is 17.8 Å². The van der Waals surface area contributed by atoms with E-state index in [-0.39, 0.29) is 47.7 Å². The first kappa shape index (κ1) is 21.6. The van der Waals surface area contributed by atoms with E-state index < -0.39 is 17.6 Å². The van der Waals surface area contributed by atoms with Gasteiger partial charge in [-0.05, 0) is 37.5 Å². The summed E-state index contributed by atoms with van der Waals surface area (Å²) < 4.78 is 19.1. The maximum Gasteiger partial charge on any atom is 0.247 e. The molecule has 0 spiro atoms. The molecule has 0 aromatic carbocycles. The molecule has 164 valence electrons. The quantitative estimate of drug-likeness (QED) is 0.666. The molecule has 3 saturated heterocycles. The molecule has 9 heteroatoms. The fourth-order valence-electron chi connectivity index (χ4n) is 5.20. The van der Waals surface area contributed by atoms with Crippen molar-refractivity contribution in [3.63, 3.8) is 0 Å². The highest BCUT2D eigenvalue weighted by atomic mass is 35.5. The van der Waals surface area contributed by atoms with Crippen LogP contribution in [0.5, 0.6) is 0 Å². The number of carbonyl (C=O) groups excluding carboxylic acids is 2. The normalized spacial score (nSPS) is 42.1. The summed E-state index contributed by atoms with van der Waals surface area (Å²) in [6, 6.07) is -0.510. The van der Waals surface area contributed by atoms with Gasteiger partial charge >= 0.3 is 0 Å². The van der Waals surface area contributed by atoms with Crippen molar-refractivity contribution in [3.8, 4) is 0 Å². The molecule has 2 amide bonds. The Morgan fingerprint density at radius 2 is 1.97 bits per heavy atom. The fourth-order valence-corrected chi connectivity index (χ4v) is 5.95. The van der Waals surface area contributed by atoms with E-state index in [1.54, 1.807) is 9.80 Å². The molecule has 7 unspecified atom stereocenters. The van der Waals surface area contributed by atoms with Gasteiger partial charge in [0.05, 0.1) is 24.8 Å². The second-order valence-electron chi connectivity index (χ2n) is 9.13. The zero-order valence-electron chi connectivity index (χ0n) is 16.7. The van der Waals surface area contributed by atoms with Crippen LogP contribution in [0.3, 0.4) is 0 Å². The molecule has 7 atom stereocenters. The van der Waals surface area contributed by atoms with Gasteiger partial charge in [0.25, 0.3) is 0 Å². The Morgan fingerprint density at radius 1 is 1.21 bits per heavy atom. The zero-order valence-corrected chi connectivity index (χ0v) is 18.2. The minimum atomic E-state index is -0.984. The highest BCUT2D eigenvalue weighted by Gasteiger charge is 2.49. The van der Waals surface area contributed by atoms with Gasteiger partial charge < -0.3 is 14.5 Å². The topological polar surface area (TPSA) is 61.9 Å². The smallest absolute Gasteiger partial charge is 0.247 e. The summed E-state index contributed by atoms with van der Waals surface area (Å²) in [5.74, 6) is 0.247. The predicted molar refractivity (Wildman–Crippen MR) is 109 cm³/mol. The Balaban J connectivity index is 1.50. The molecule has 1 aliphatic carbocycles. The van der Waals surface area contributed by atoms with Crippen molar-refractivity contribution in [2.75, 3.05) is 32.8 Å². The monoisotopic (exact) mass is 449 g/mol. The van der Waals surface area contributed by atoms with E-state index in [4.69, 9.17) is 27.9 Å². The minimum Gasteiger partial charge on any atom is -0.380 e. The van der Waals surface area contributed by atoms with Crippen LogP contribution in [0.1, 0.15) is 32.6 Å². The molecule has 0 aromatic heterocycles. The van der Waals surface area contributed by atoms with Gasteiger partial charge in [0, 0.05) is 24.4 Å². The number of rotatable bonds is 4. The molecule has 0 bridgehead atoms. The summed E-state index contributed by atoms with van der Waals surface area (Å²) in [6.45, 7) is 4.20. The van der Waals surface area contributed by atoms with E-state index in [1.165, 1.54) is 0 Å². The standard InChI is InChI=1S/C20H30Cl2FN3O3/c1-11-4-14(21)6-24-19(11)26-8-17(27)25(18(20(26)28)13-9-29-10-13)7-12-2-3-16(23)15(22)5-12/h11-16,18-19,24H,2-10H2,1H3. The predicted octanol–water partition coefficient (Wildman–Crippen LogP) is 1.98. The van der Waals surface area contributed by atoms with E-state index in [9.17, 15) is 14.0 Å². The SMILES string of the molecule is CC1CC(Cl)CNC1N1CC(=O)N(CC2CCC(F)C(Cl)C2)C(C2COC2)C1=O. The third kappa shape index (κ3) is 4.39. The van der Waals surface area contributed by atoms with Crippen molar-refractivity contribution in [2.24, 2.45) is 17.8 Å². The molecule has 4 rings (SSSR count). The third-order valence-electron chi connectivity index (χ3n) is 6.92. The number of hydrogen-bond donors (Lipinski definition) is 1. The van der Waals surface area contributed by atoms with E-state index in [0.29, 0.717) is 45.6 Å². The Labute approximate surface area is 181 Å². The number of piperidine rings is 1. The minimum absolute atomic E-state index is 0.0123. The van der Waals surface area contributed by atoms with Crippen molar-refractivity contribution in [3.05, 3.63) is 0 Å². The number of piperazine rings is 1. The van der Waals surface area contributed by atoms with Gasteiger partial charge in [-0.25, -0.2) is 4.39 Å². The zero-order chi connectivity index (χ0) is 20.7. The third-order valence-corrected chi connectivity index (χ3v) is 7.70. The summed E-state index contributed by atoms with van der Waals surface area (Å²) in [5.41, 5.74) is 0. The molecule has 4 aliphatic rings. The average molecular weight is 450 g/mol. The average Bonchev–Trinajstić information content (AvgIpc) is 2.62. The van der Waals surface area contributed by atoms with Crippen LogP contribution in [0.25, 0.3) is 0 Å². The second kappa shape index (κ2) is 8.85. The lowest BCUT2D eigenvalue weighted by atomic mass is 9.85. The first-order valence-electron chi connectivity index (χ1n) is 10.7. The molecule has 6 nitrogen and oxygen atoms in total. The number of hydrogen-bond acceptors (Lipinski definition) is 4. The number of alkyl halides is 3. The van der Waals surface area contributed by atoms with E-state index in [1.807, 2.05) is 0 Å². The summed E-state index contributed by atoms with van der Waals surface area (Å²) in [5, 5.41) is 2.88. The van der Waals surface area contributed by atoms with Gasteiger partial charge in [0.1, 0.15) is 18.8 Å². The van der Waals surface area contributed by atoms with E-state index in [0.717, 1.165) is 6.42 Å². The Kier molecular flexibility index (Phi) is 6.59. The van der Waals surface area contributed by atoms with Crippen molar-refractivity contribution in [1.82, 2.24) is 15.1 Å². The van der Waals surface area contributed by atoms with Gasteiger partial charge in [-0.1, -0.05) is 6.92 Å². The van der Waals surface area contributed by atoms with Crippen LogP contribution in [0.4, 0.5) is 4.39 Å². The lowest BCUT2D eigenvalue weighted by Crippen LogP contribution is -2.70. The van der Waals surface area contributed by atoms with Gasteiger partial charge in [-0.15, -0.1) is 23.2 Å². The highest BCUT2D eigenvalue weighted by Crippen LogP contribution is 2.34. The molecule has 3 heterocycles. The first-order valence-corrected chi connectivity index (χ1v) is 11.6. The van der Waals surface area contributed by atoms with Gasteiger partial charge in [0.2, 0.25) is 11.8 Å². The van der Waals surface area contributed by atoms with Gasteiger partial charge in [-0.3, -0.25) is 14.9 Å². The van der Waals surface area contributed by atoms with Crippen LogP contribution in [0.15, 0.2) is 0 Å². The molecular formula is C20H30Cl2FN3O3. The first-order chi connectivity index (χ1) is 13.8. The van der Waals surface area contributed by atoms with Crippen LogP contribution in [0.2, 0.25) is 0 Å². The largest absolute Gasteiger partial charge is 0.380 e. The van der Waals surface area contributed by atoms with Crippen molar-refractivity contribution in [1.29, 1.82) is 0 Å². The number of amides is 2. The van der Waals surface area contributed by atoms with Crippen LogP contribution >= 0.6 is 23.2 Å². The van der Waals surface area contributed by atoms with E-state index in [2.05, 4.69) is 12.2 Å². The Morgan fingerprint density at radius 3 is 2.59 bits per heavy atom. The summed E-state index contributed by atoms with van der Waals surface area (Å²) in [4.78, 5) is 30.1. The lowest BCUT2D eigenvalue weighted by Gasteiger charge is -2.50.